The fourth-order valence-corrected chi connectivity index (χ4v) is 3.04. The first-order valence-corrected chi connectivity index (χ1v) is 8.95. The largest absolute Gasteiger partial charge is 0.444 e. The molecule has 4 nitrogen and oxygen atoms in total. The zero-order valence-electron chi connectivity index (χ0n) is 13.6. The van der Waals surface area contributed by atoms with Gasteiger partial charge in [0.25, 0.3) is 0 Å². The summed E-state index contributed by atoms with van der Waals surface area (Å²) < 4.78 is 5.52. The molecule has 0 saturated carbocycles. The van der Waals surface area contributed by atoms with E-state index in [9.17, 15) is 4.79 Å². The fourth-order valence-electron chi connectivity index (χ4n) is 2.42. The van der Waals surface area contributed by atoms with Crippen LogP contribution in [0.25, 0.3) is 0 Å². The number of rotatable bonds is 5. The quantitative estimate of drug-likeness (QED) is 0.847. The minimum Gasteiger partial charge on any atom is -0.444 e. The second kappa shape index (κ2) is 8.13. The Morgan fingerprint density at radius 3 is 2.75 bits per heavy atom. The van der Waals surface area contributed by atoms with Crippen molar-refractivity contribution in [3.05, 3.63) is 0 Å². The Morgan fingerprint density at radius 1 is 1.45 bits per heavy atom. The fraction of sp³-hybridized carbons (Fsp3) is 0.933. The van der Waals surface area contributed by atoms with E-state index >= 15 is 0 Å². The van der Waals surface area contributed by atoms with Crippen molar-refractivity contribution in [3.63, 3.8) is 0 Å². The molecule has 0 aliphatic carbocycles. The molecule has 2 unspecified atom stereocenters. The first-order chi connectivity index (χ1) is 9.33. The first-order valence-electron chi connectivity index (χ1n) is 7.55. The third kappa shape index (κ3) is 6.35. The molecule has 118 valence electrons. The number of hydrogen-bond acceptors (Lipinski definition) is 4. The van der Waals surface area contributed by atoms with E-state index in [1.165, 1.54) is 6.42 Å². The van der Waals surface area contributed by atoms with Gasteiger partial charge >= 0.3 is 6.09 Å². The van der Waals surface area contributed by atoms with Crippen molar-refractivity contribution < 1.29 is 9.53 Å². The molecular formula is C15H30N2O2S. The van der Waals surface area contributed by atoms with Gasteiger partial charge in [-0.25, -0.2) is 4.79 Å². The molecule has 1 aliphatic heterocycles. The molecule has 0 aromatic carbocycles. The summed E-state index contributed by atoms with van der Waals surface area (Å²) in [4.78, 5) is 14.2. The van der Waals surface area contributed by atoms with Crippen LogP contribution in [-0.4, -0.2) is 53.8 Å². The van der Waals surface area contributed by atoms with Crippen LogP contribution in [0, 0.1) is 0 Å². The van der Waals surface area contributed by atoms with Crippen LogP contribution < -0.4 is 5.32 Å². The van der Waals surface area contributed by atoms with E-state index in [0.717, 1.165) is 31.7 Å². The third-order valence-corrected chi connectivity index (χ3v) is 4.21. The second-order valence-electron chi connectivity index (χ2n) is 6.59. The van der Waals surface area contributed by atoms with Gasteiger partial charge < -0.3 is 15.0 Å². The van der Waals surface area contributed by atoms with Gasteiger partial charge in [0.2, 0.25) is 0 Å². The van der Waals surface area contributed by atoms with Crippen LogP contribution in [0.15, 0.2) is 0 Å². The van der Waals surface area contributed by atoms with Gasteiger partial charge in [0, 0.05) is 30.9 Å². The summed E-state index contributed by atoms with van der Waals surface area (Å²) in [7, 11) is 0. The Hall–Kier alpha value is -0.420. The summed E-state index contributed by atoms with van der Waals surface area (Å²) in [5.41, 5.74) is -0.418. The Morgan fingerprint density at radius 2 is 2.15 bits per heavy atom. The first kappa shape index (κ1) is 17.6. The molecule has 0 bridgehead atoms. The Labute approximate surface area is 128 Å². The number of ether oxygens (including phenoxy) is 1. The lowest BCUT2D eigenvalue weighted by atomic mass is 10.0. The molecule has 5 heteroatoms. The second-order valence-corrected chi connectivity index (χ2v) is 7.50. The number of carbonyl (C=O) groups is 1. The van der Waals surface area contributed by atoms with Gasteiger partial charge in [0.1, 0.15) is 5.60 Å². The molecule has 2 atom stereocenters. The number of thioether (sulfide) groups is 1. The summed E-state index contributed by atoms with van der Waals surface area (Å²) >= 11 is 1.84. The molecule has 0 aromatic rings. The molecule has 0 radical (unpaired) electrons. The van der Waals surface area contributed by atoms with Crippen molar-refractivity contribution in [2.45, 2.75) is 64.6 Å². The van der Waals surface area contributed by atoms with Crippen molar-refractivity contribution in [2.24, 2.45) is 0 Å². The van der Waals surface area contributed by atoms with E-state index in [4.69, 9.17) is 4.74 Å². The average molecular weight is 302 g/mol. The number of likely N-dealkylation sites (tertiary alicyclic amines) is 1. The van der Waals surface area contributed by atoms with Crippen molar-refractivity contribution in [2.75, 3.05) is 25.1 Å². The van der Waals surface area contributed by atoms with Gasteiger partial charge in [-0.05, 0) is 53.2 Å². The molecule has 1 fully saturated rings. The van der Waals surface area contributed by atoms with Gasteiger partial charge in [0.05, 0.1) is 0 Å². The number of amides is 1. The van der Waals surface area contributed by atoms with Crippen LogP contribution in [-0.2, 0) is 4.74 Å². The van der Waals surface area contributed by atoms with Crippen molar-refractivity contribution in [1.29, 1.82) is 0 Å². The molecule has 0 spiro atoms. The summed E-state index contributed by atoms with van der Waals surface area (Å²) in [6.45, 7) is 9.63. The van der Waals surface area contributed by atoms with E-state index in [-0.39, 0.29) is 12.1 Å². The number of nitrogens with one attached hydrogen (secondary N) is 1. The molecule has 1 N–H and O–H groups in total. The molecule has 1 saturated heterocycles. The van der Waals surface area contributed by atoms with Crippen LogP contribution in [0.3, 0.4) is 0 Å². The number of hydrogen-bond donors (Lipinski definition) is 1. The van der Waals surface area contributed by atoms with Crippen molar-refractivity contribution in [1.82, 2.24) is 10.2 Å². The number of carbonyl (C=O) groups excluding carboxylic acids is 1. The van der Waals surface area contributed by atoms with Crippen LogP contribution in [0.1, 0.15) is 47.0 Å². The van der Waals surface area contributed by atoms with Gasteiger partial charge in [-0.2, -0.15) is 11.8 Å². The molecule has 1 rings (SSSR count). The van der Waals surface area contributed by atoms with E-state index in [1.54, 1.807) is 0 Å². The summed E-state index contributed by atoms with van der Waals surface area (Å²) in [5.74, 6) is 1.10. The van der Waals surface area contributed by atoms with Gasteiger partial charge in [0.15, 0.2) is 0 Å². The normalized spacial score (nSPS) is 21.6. The standard InChI is InChI=1S/C15H30N2O2S/c1-12(11-20-5)16-10-13-8-6-7-9-17(13)14(18)19-15(2,3)4/h12-13,16H,6-11H2,1-5H3. The lowest BCUT2D eigenvalue weighted by molar-refractivity contribution is 0.00977. The maximum Gasteiger partial charge on any atom is 0.410 e. The Kier molecular flexibility index (Phi) is 7.17. The van der Waals surface area contributed by atoms with Gasteiger partial charge in [-0.1, -0.05) is 0 Å². The molecule has 1 heterocycles. The summed E-state index contributed by atoms with van der Waals surface area (Å²) in [6.07, 6.45) is 5.30. The van der Waals surface area contributed by atoms with Crippen molar-refractivity contribution in [3.8, 4) is 0 Å². The molecule has 1 amide bonds. The summed E-state index contributed by atoms with van der Waals surface area (Å²) in [6, 6.07) is 0.746. The minimum absolute atomic E-state index is 0.165. The summed E-state index contributed by atoms with van der Waals surface area (Å²) in [5, 5.41) is 3.53. The van der Waals surface area contributed by atoms with Crippen LogP contribution in [0.2, 0.25) is 0 Å². The highest BCUT2D eigenvalue weighted by Crippen LogP contribution is 2.20. The van der Waals surface area contributed by atoms with Crippen LogP contribution >= 0.6 is 11.8 Å². The minimum atomic E-state index is -0.418. The topological polar surface area (TPSA) is 41.6 Å². The van der Waals surface area contributed by atoms with Gasteiger partial charge in [-0.15, -0.1) is 0 Å². The lowest BCUT2D eigenvalue weighted by Gasteiger charge is -2.37. The average Bonchev–Trinajstić information content (AvgIpc) is 2.35. The number of nitrogens with zero attached hydrogens (tertiary/aromatic N) is 1. The molecule has 1 aliphatic rings. The highest BCUT2D eigenvalue weighted by molar-refractivity contribution is 7.98. The predicted octanol–water partition coefficient (Wildman–Crippen LogP) is 3.12. The Bertz CT molecular complexity index is 305. The maximum atomic E-state index is 12.3. The predicted molar refractivity (Wildman–Crippen MR) is 86.4 cm³/mol. The maximum absolute atomic E-state index is 12.3. The van der Waals surface area contributed by atoms with Crippen LogP contribution in [0.4, 0.5) is 4.79 Å². The van der Waals surface area contributed by atoms with E-state index in [2.05, 4.69) is 18.5 Å². The van der Waals surface area contributed by atoms with E-state index in [0.29, 0.717) is 6.04 Å². The lowest BCUT2D eigenvalue weighted by Crippen LogP contribution is -2.51. The van der Waals surface area contributed by atoms with Crippen molar-refractivity contribution >= 4 is 17.9 Å². The third-order valence-electron chi connectivity index (χ3n) is 3.37. The zero-order valence-corrected chi connectivity index (χ0v) is 14.4. The SMILES string of the molecule is CSCC(C)NCC1CCCCN1C(=O)OC(C)(C)C. The highest BCUT2D eigenvalue weighted by Gasteiger charge is 2.30. The highest BCUT2D eigenvalue weighted by atomic mass is 32.2. The molecule has 20 heavy (non-hydrogen) atoms. The molecule has 0 aromatic heterocycles. The van der Waals surface area contributed by atoms with E-state index < -0.39 is 5.60 Å². The van der Waals surface area contributed by atoms with Crippen LogP contribution in [0.5, 0.6) is 0 Å². The Balaban J connectivity index is 2.51. The monoisotopic (exact) mass is 302 g/mol. The van der Waals surface area contributed by atoms with Gasteiger partial charge in [-0.3, -0.25) is 0 Å². The molecular weight excluding hydrogens is 272 g/mol. The van der Waals surface area contributed by atoms with E-state index in [1.807, 2.05) is 37.4 Å². The number of piperidine rings is 1. The smallest absolute Gasteiger partial charge is 0.410 e. The zero-order chi connectivity index (χ0) is 15.2.